The maximum absolute atomic E-state index is 8.86. The van der Waals surface area contributed by atoms with Crippen LogP contribution in [0.1, 0.15) is 42.2 Å². The first-order valence-corrected chi connectivity index (χ1v) is 13.8. The normalized spacial score (nSPS) is 17.2. The topological polar surface area (TPSA) is 105 Å². The quantitative estimate of drug-likeness (QED) is 0.311. The molecule has 1 aliphatic heterocycles. The van der Waals surface area contributed by atoms with Crippen molar-refractivity contribution in [2.24, 2.45) is 0 Å². The molecule has 1 aliphatic carbocycles. The minimum Gasteiger partial charge on any atom is -0.494 e. The highest BCUT2D eigenvalue weighted by molar-refractivity contribution is 6.24. The Morgan fingerprint density at radius 1 is 1.07 bits per heavy atom. The van der Waals surface area contributed by atoms with Crippen LogP contribution in [0.15, 0.2) is 60.4 Å². The molecule has 0 radical (unpaired) electrons. The Morgan fingerprint density at radius 3 is 2.60 bits per heavy atom. The number of hydrogen-bond acceptors (Lipinski definition) is 9. The Labute approximate surface area is 236 Å². The smallest absolute Gasteiger partial charge is 0.227 e. The van der Waals surface area contributed by atoms with Crippen molar-refractivity contribution in [3.8, 4) is 11.5 Å². The van der Waals surface area contributed by atoms with E-state index in [9.17, 15) is 0 Å². The molecule has 2 heterocycles. The molecule has 0 bridgehead atoms. The summed E-state index contributed by atoms with van der Waals surface area (Å²) in [6.45, 7) is 3.88. The fourth-order valence-electron chi connectivity index (χ4n) is 5.40. The molecule has 1 atom stereocenters. The molecule has 3 aromatic rings. The van der Waals surface area contributed by atoms with Gasteiger partial charge >= 0.3 is 0 Å². The molecule has 2 aromatic carbocycles. The van der Waals surface area contributed by atoms with Gasteiger partial charge in [0.15, 0.2) is 0 Å². The molecule has 1 aromatic heterocycles. The molecular weight excluding hydrogens is 504 g/mol. The summed E-state index contributed by atoms with van der Waals surface area (Å²) in [5, 5.41) is 15.5. The number of hydrogen-bond donors (Lipinski definition) is 3. The molecule has 1 unspecified atom stereocenters. The Bertz CT molecular complexity index is 1350. The molecule has 5 rings (SSSR count). The number of rotatable bonds is 11. The Morgan fingerprint density at radius 2 is 1.88 bits per heavy atom. The number of anilines is 2. The SMILES string of the molecule is CN/C(=C1\C(=N)CCc2cnc(Nc3ccc(OCCN4CCCC4)cc3OC)nc21)C(OC)c1ccccc1. The van der Waals surface area contributed by atoms with E-state index >= 15 is 0 Å². The average molecular weight is 543 g/mol. The van der Waals surface area contributed by atoms with Crippen molar-refractivity contribution in [2.45, 2.75) is 31.8 Å². The van der Waals surface area contributed by atoms with E-state index in [4.69, 9.17) is 24.6 Å². The van der Waals surface area contributed by atoms with Crippen LogP contribution >= 0.6 is 0 Å². The summed E-state index contributed by atoms with van der Waals surface area (Å²) >= 11 is 0. The van der Waals surface area contributed by atoms with Crippen LogP contribution in [0.3, 0.4) is 0 Å². The third kappa shape index (κ3) is 6.11. The molecule has 3 N–H and O–H groups in total. The van der Waals surface area contributed by atoms with Crippen LogP contribution in [-0.4, -0.2) is 68.1 Å². The van der Waals surface area contributed by atoms with Crippen molar-refractivity contribution < 1.29 is 14.2 Å². The Balaban J connectivity index is 1.41. The number of methoxy groups -OCH3 is 2. The monoisotopic (exact) mass is 542 g/mol. The summed E-state index contributed by atoms with van der Waals surface area (Å²) in [4.78, 5) is 11.9. The highest BCUT2D eigenvalue weighted by atomic mass is 16.5. The van der Waals surface area contributed by atoms with Crippen molar-refractivity contribution in [3.63, 3.8) is 0 Å². The molecule has 40 heavy (non-hydrogen) atoms. The second-order valence-electron chi connectivity index (χ2n) is 10.00. The average Bonchev–Trinajstić information content (AvgIpc) is 3.51. The van der Waals surface area contributed by atoms with Crippen molar-refractivity contribution in [2.75, 3.05) is 52.8 Å². The molecule has 2 aliphatic rings. The number of fused-ring (bicyclic) bond motifs is 1. The van der Waals surface area contributed by atoms with Gasteiger partial charge in [0, 0.05) is 44.3 Å². The molecule has 210 valence electrons. The van der Waals surface area contributed by atoms with Gasteiger partial charge in [-0.25, -0.2) is 9.97 Å². The third-order valence-electron chi connectivity index (χ3n) is 7.48. The van der Waals surface area contributed by atoms with E-state index in [0.717, 1.165) is 59.2 Å². The van der Waals surface area contributed by atoms with Crippen LogP contribution < -0.4 is 20.1 Å². The van der Waals surface area contributed by atoms with Gasteiger partial charge in [0.05, 0.1) is 24.2 Å². The highest BCUT2D eigenvalue weighted by Gasteiger charge is 2.29. The van der Waals surface area contributed by atoms with Gasteiger partial charge in [-0.15, -0.1) is 0 Å². The minimum absolute atomic E-state index is 0.364. The van der Waals surface area contributed by atoms with Crippen molar-refractivity contribution in [1.82, 2.24) is 20.2 Å². The van der Waals surface area contributed by atoms with Gasteiger partial charge in [-0.1, -0.05) is 30.3 Å². The van der Waals surface area contributed by atoms with Crippen LogP contribution in [-0.2, 0) is 11.2 Å². The second-order valence-corrected chi connectivity index (χ2v) is 10.00. The van der Waals surface area contributed by atoms with Crippen LogP contribution in [0.5, 0.6) is 11.5 Å². The van der Waals surface area contributed by atoms with Crippen molar-refractivity contribution in [1.29, 1.82) is 5.41 Å². The van der Waals surface area contributed by atoms with Gasteiger partial charge in [-0.05, 0) is 62.0 Å². The number of aromatic nitrogens is 2. The van der Waals surface area contributed by atoms with Gasteiger partial charge in [0.25, 0.3) is 0 Å². The van der Waals surface area contributed by atoms with Crippen LogP contribution in [0.2, 0.25) is 0 Å². The number of ether oxygens (including phenoxy) is 3. The molecule has 1 saturated heterocycles. The number of allylic oxidation sites excluding steroid dienone is 1. The van der Waals surface area contributed by atoms with Gasteiger partial charge < -0.3 is 30.3 Å². The zero-order valence-corrected chi connectivity index (χ0v) is 23.5. The predicted octanol–water partition coefficient (Wildman–Crippen LogP) is 4.99. The zero-order chi connectivity index (χ0) is 27.9. The summed E-state index contributed by atoms with van der Waals surface area (Å²) < 4.78 is 17.6. The first-order chi connectivity index (χ1) is 19.6. The van der Waals surface area contributed by atoms with E-state index in [-0.39, 0.29) is 6.10 Å². The molecule has 0 spiro atoms. The summed E-state index contributed by atoms with van der Waals surface area (Å²) in [5.41, 5.74) is 5.54. The number of nitrogens with one attached hydrogen (secondary N) is 3. The fraction of sp³-hybridized carbons (Fsp3) is 0.387. The Kier molecular flexibility index (Phi) is 8.93. The number of benzene rings is 2. The molecular formula is C31H38N6O3. The van der Waals surface area contributed by atoms with Gasteiger partial charge in [0.2, 0.25) is 5.95 Å². The molecule has 0 amide bonds. The predicted molar refractivity (Wildman–Crippen MR) is 158 cm³/mol. The number of aryl methyl sites for hydroxylation is 1. The lowest BCUT2D eigenvalue weighted by Gasteiger charge is -2.27. The van der Waals surface area contributed by atoms with Crippen molar-refractivity contribution >= 4 is 22.9 Å². The van der Waals surface area contributed by atoms with Crippen molar-refractivity contribution in [3.05, 3.63) is 77.2 Å². The molecule has 9 heteroatoms. The lowest BCUT2D eigenvalue weighted by Crippen LogP contribution is -2.25. The number of likely N-dealkylation sites (N-methyl/N-ethyl adjacent to an activating group) is 1. The molecule has 0 saturated carbocycles. The maximum Gasteiger partial charge on any atom is 0.227 e. The summed E-state index contributed by atoms with van der Waals surface area (Å²) in [5.74, 6) is 1.83. The first-order valence-electron chi connectivity index (χ1n) is 13.8. The summed E-state index contributed by atoms with van der Waals surface area (Å²) in [6.07, 6.45) is 5.35. The van der Waals surface area contributed by atoms with E-state index in [1.165, 1.54) is 12.8 Å². The van der Waals surface area contributed by atoms with Crippen LogP contribution in [0.25, 0.3) is 5.57 Å². The first kappa shape index (κ1) is 27.6. The lowest BCUT2D eigenvalue weighted by molar-refractivity contribution is 0.128. The minimum atomic E-state index is -0.364. The highest BCUT2D eigenvalue weighted by Crippen LogP contribution is 2.36. The number of nitrogens with zero attached hydrogens (tertiary/aromatic N) is 3. The van der Waals surface area contributed by atoms with Gasteiger partial charge in [-0.2, -0.15) is 0 Å². The van der Waals surface area contributed by atoms with Crippen LogP contribution in [0, 0.1) is 5.41 Å². The number of likely N-dealkylation sites (tertiary alicyclic amines) is 1. The van der Waals surface area contributed by atoms with E-state index < -0.39 is 0 Å². The van der Waals surface area contributed by atoms with E-state index in [2.05, 4.69) is 20.5 Å². The van der Waals surface area contributed by atoms with Crippen LogP contribution in [0.4, 0.5) is 11.6 Å². The van der Waals surface area contributed by atoms with Gasteiger partial charge in [-0.3, -0.25) is 4.90 Å². The van der Waals surface area contributed by atoms with E-state index in [1.54, 1.807) is 14.2 Å². The maximum atomic E-state index is 8.86. The zero-order valence-electron chi connectivity index (χ0n) is 23.5. The Hall–Kier alpha value is -3.95. The standard InChI is InChI=1S/C31H38N6O3/c1-33-29(30(39-3)21-9-5-4-6-10-21)27-24(32)13-11-22-20-34-31(36-28(22)27)35-25-14-12-23(19-26(25)38-2)40-18-17-37-15-7-8-16-37/h4-6,9-10,12,14,19-20,30,32-33H,7-8,11,13,15-18H2,1-3H3,(H,34,35,36)/b29-27+,32-24?. The molecule has 1 fully saturated rings. The fourth-order valence-corrected chi connectivity index (χ4v) is 5.40. The molecule has 9 nitrogen and oxygen atoms in total. The van der Waals surface area contributed by atoms with E-state index in [0.29, 0.717) is 36.9 Å². The largest absolute Gasteiger partial charge is 0.494 e. The van der Waals surface area contributed by atoms with E-state index in [1.807, 2.05) is 61.8 Å². The lowest BCUT2D eigenvalue weighted by atomic mass is 9.87. The summed E-state index contributed by atoms with van der Waals surface area (Å²) in [6, 6.07) is 15.7. The third-order valence-corrected chi connectivity index (χ3v) is 7.48. The second kappa shape index (κ2) is 12.9. The van der Waals surface area contributed by atoms with Gasteiger partial charge in [0.1, 0.15) is 24.2 Å². The summed E-state index contributed by atoms with van der Waals surface area (Å²) in [7, 11) is 5.18.